The average molecular weight is 287 g/mol. The summed E-state index contributed by atoms with van der Waals surface area (Å²) in [5.74, 6) is 1.31. The van der Waals surface area contributed by atoms with Crippen LogP contribution < -0.4 is 20.1 Å². The quantitative estimate of drug-likeness (QED) is 0.884. The summed E-state index contributed by atoms with van der Waals surface area (Å²) in [6.45, 7) is 3.64. The van der Waals surface area contributed by atoms with E-state index in [0.29, 0.717) is 25.5 Å². The maximum Gasteiger partial charge on any atom is 0.228 e. The molecule has 1 amide bonds. The number of fused-ring (bicyclic) bond motifs is 1. The lowest BCUT2D eigenvalue weighted by Crippen LogP contribution is -2.28. The second-order valence-corrected chi connectivity index (χ2v) is 4.31. The molecule has 2 N–H and O–H groups in total. The molecule has 5 nitrogen and oxygen atoms in total. The van der Waals surface area contributed by atoms with Gasteiger partial charge in [0.05, 0.1) is 0 Å². The summed E-state index contributed by atoms with van der Waals surface area (Å²) in [6.07, 6.45) is 0. The van der Waals surface area contributed by atoms with Gasteiger partial charge in [0, 0.05) is 24.2 Å². The predicted molar refractivity (Wildman–Crippen MR) is 76.4 cm³/mol. The van der Waals surface area contributed by atoms with E-state index in [2.05, 4.69) is 10.6 Å². The summed E-state index contributed by atoms with van der Waals surface area (Å²) in [5, 5.41) is 5.84. The molecule has 1 heterocycles. The van der Waals surface area contributed by atoms with E-state index in [1.54, 1.807) is 6.07 Å². The van der Waals surface area contributed by atoms with Crippen molar-refractivity contribution in [1.82, 2.24) is 5.32 Å². The van der Waals surface area contributed by atoms with Gasteiger partial charge in [-0.25, -0.2) is 0 Å². The first-order valence-electron chi connectivity index (χ1n) is 6.06. The van der Waals surface area contributed by atoms with Crippen LogP contribution in [-0.2, 0) is 4.79 Å². The highest BCUT2D eigenvalue weighted by atomic mass is 35.5. The van der Waals surface area contributed by atoms with Gasteiger partial charge in [-0.1, -0.05) is 6.92 Å². The first-order valence-corrected chi connectivity index (χ1v) is 6.06. The molecule has 0 saturated carbocycles. The number of rotatable bonds is 4. The van der Waals surface area contributed by atoms with Crippen molar-refractivity contribution in [2.75, 3.05) is 32.1 Å². The van der Waals surface area contributed by atoms with Crippen molar-refractivity contribution in [2.45, 2.75) is 6.92 Å². The summed E-state index contributed by atoms with van der Waals surface area (Å²) in [6, 6.07) is 5.42. The molecule has 0 aromatic heterocycles. The number of benzene rings is 1. The first-order chi connectivity index (χ1) is 8.70. The molecule has 1 aromatic carbocycles. The Morgan fingerprint density at radius 1 is 1.32 bits per heavy atom. The largest absolute Gasteiger partial charge is 0.486 e. The van der Waals surface area contributed by atoms with Crippen molar-refractivity contribution in [2.24, 2.45) is 5.92 Å². The molecule has 0 bridgehead atoms. The van der Waals surface area contributed by atoms with Crippen LogP contribution in [0, 0.1) is 5.92 Å². The van der Waals surface area contributed by atoms with E-state index < -0.39 is 0 Å². The number of carbonyl (C=O) groups excluding carboxylic acids is 1. The van der Waals surface area contributed by atoms with Crippen molar-refractivity contribution < 1.29 is 14.3 Å². The van der Waals surface area contributed by atoms with Gasteiger partial charge in [0.1, 0.15) is 13.2 Å². The maximum atomic E-state index is 11.8. The maximum absolute atomic E-state index is 11.8. The number of carbonyl (C=O) groups is 1. The molecule has 19 heavy (non-hydrogen) atoms. The van der Waals surface area contributed by atoms with Crippen molar-refractivity contribution >= 4 is 24.0 Å². The molecular weight excluding hydrogens is 268 g/mol. The summed E-state index contributed by atoms with van der Waals surface area (Å²) in [7, 11) is 1.83. The normalized spacial score (nSPS) is 14.2. The Morgan fingerprint density at radius 3 is 2.68 bits per heavy atom. The monoisotopic (exact) mass is 286 g/mol. The van der Waals surface area contributed by atoms with Crippen LogP contribution in [-0.4, -0.2) is 32.7 Å². The Bertz CT molecular complexity index is 440. The Labute approximate surface area is 119 Å². The molecule has 0 radical (unpaired) electrons. The van der Waals surface area contributed by atoms with Gasteiger partial charge in [-0.2, -0.15) is 0 Å². The van der Waals surface area contributed by atoms with E-state index in [4.69, 9.17) is 9.47 Å². The van der Waals surface area contributed by atoms with E-state index in [0.717, 1.165) is 11.4 Å². The zero-order chi connectivity index (χ0) is 13.0. The molecule has 1 aliphatic heterocycles. The zero-order valence-electron chi connectivity index (χ0n) is 11.1. The number of ether oxygens (including phenoxy) is 2. The fraction of sp³-hybridized carbons (Fsp3) is 0.462. The smallest absolute Gasteiger partial charge is 0.228 e. The van der Waals surface area contributed by atoms with E-state index >= 15 is 0 Å². The minimum absolute atomic E-state index is 0. The third-order valence-corrected chi connectivity index (χ3v) is 2.77. The molecule has 106 valence electrons. The number of anilines is 1. The van der Waals surface area contributed by atoms with Crippen LogP contribution in [0.1, 0.15) is 6.92 Å². The van der Waals surface area contributed by atoms with Crippen LogP contribution in [0.3, 0.4) is 0 Å². The molecule has 0 spiro atoms. The van der Waals surface area contributed by atoms with E-state index in [-0.39, 0.29) is 24.2 Å². The Morgan fingerprint density at radius 2 is 2.00 bits per heavy atom. The molecule has 2 rings (SSSR count). The molecule has 1 aliphatic rings. The van der Waals surface area contributed by atoms with Crippen LogP contribution in [0.2, 0.25) is 0 Å². The van der Waals surface area contributed by atoms with E-state index in [1.165, 1.54) is 0 Å². The number of halogens is 1. The summed E-state index contributed by atoms with van der Waals surface area (Å²) in [5.41, 5.74) is 0.729. The number of hydrogen-bond donors (Lipinski definition) is 2. The van der Waals surface area contributed by atoms with E-state index in [9.17, 15) is 4.79 Å². The number of hydrogen-bond acceptors (Lipinski definition) is 4. The topological polar surface area (TPSA) is 59.6 Å². The van der Waals surface area contributed by atoms with Gasteiger partial charge in [0.25, 0.3) is 0 Å². The molecule has 0 saturated heterocycles. The summed E-state index contributed by atoms with van der Waals surface area (Å²) < 4.78 is 10.9. The molecule has 1 unspecified atom stereocenters. The van der Waals surface area contributed by atoms with Crippen molar-refractivity contribution in [3.63, 3.8) is 0 Å². The number of amides is 1. The van der Waals surface area contributed by atoms with Crippen LogP contribution in [0.4, 0.5) is 5.69 Å². The van der Waals surface area contributed by atoms with Crippen LogP contribution >= 0.6 is 12.4 Å². The zero-order valence-corrected chi connectivity index (χ0v) is 11.9. The lowest BCUT2D eigenvalue weighted by molar-refractivity contribution is -0.119. The Hall–Kier alpha value is -1.46. The second-order valence-electron chi connectivity index (χ2n) is 4.31. The van der Waals surface area contributed by atoms with Crippen LogP contribution in [0.15, 0.2) is 18.2 Å². The minimum atomic E-state index is -0.0804. The molecular formula is C13H19ClN2O3. The highest BCUT2D eigenvalue weighted by molar-refractivity contribution is 5.92. The lowest BCUT2D eigenvalue weighted by Gasteiger charge is -2.19. The Kier molecular flexibility index (Phi) is 5.92. The van der Waals surface area contributed by atoms with Gasteiger partial charge in [-0.15, -0.1) is 12.4 Å². The van der Waals surface area contributed by atoms with Gasteiger partial charge >= 0.3 is 0 Å². The third-order valence-electron chi connectivity index (χ3n) is 2.77. The van der Waals surface area contributed by atoms with Gasteiger partial charge in [0.2, 0.25) is 5.91 Å². The van der Waals surface area contributed by atoms with Crippen molar-refractivity contribution in [1.29, 1.82) is 0 Å². The van der Waals surface area contributed by atoms with Crippen molar-refractivity contribution in [3.8, 4) is 11.5 Å². The molecule has 0 fully saturated rings. The fourth-order valence-electron chi connectivity index (χ4n) is 1.79. The minimum Gasteiger partial charge on any atom is -0.486 e. The van der Waals surface area contributed by atoms with Gasteiger partial charge in [-0.3, -0.25) is 4.79 Å². The van der Waals surface area contributed by atoms with Crippen LogP contribution in [0.5, 0.6) is 11.5 Å². The lowest BCUT2D eigenvalue weighted by atomic mass is 10.1. The van der Waals surface area contributed by atoms with Gasteiger partial charge < -0.3 is 20.1 Å². The van der Waals surface area contributed by atoms with Crippen LogP contribution in [0.25, 0.3) is 0 Å². The number of nitrogens with one attached hydrogen (secondary N) is 2. The SMILES string of the molecule is CNCC(C)C(=O)Nc1ccc2c(c1)OCCO2.Cl. The van der Waals surface area contributed by atoms with Crippen molar-refractivity contribution in [3.05, 3.63) is 18.2 Å². The first kappa shape index (κ1) is 15.6. The van der Waals surface area contributed by atoms with Gasteiger partial charge in [-0.05, 0) is 19.2 Å². The predicted octanol–water partition coefficient (Wildman–Crippen LogP) is 1.67. The highest BCUT2D eigenvalue weighted by Crippen LogP contribution is 2.32. The summed E-state index contributed by atoms with van der Waals surface area (Å²) in [4.78, 5) is 11.8. The summed E-state index contributed by atoms with van der Waals surface area (Å²) >= 11 is 0. The Balaban J connectivity index is 0.00000180. The molecule has 0 aliphatic carbocycles. The third kappa shape index (κ3) is 4.01. The van der Waals surface area contributed by atoms with E-state index in [1.807, 2.05) is 26.1 Å². The second kappa shape index (κ2) is 7.21. The molecule has 1 aromatic rings. The molecule has 6 heteroatoms. The fourth-order valence-corrected chi connectivity index (χ4v) is 1.79. The standard InChI is InChI=1S/C13H18N2O3.ClH/c1-9(8-14-2)13(16)15-10-3-4-11-12(7-10)18-6-5-17-11;/h3-4,7,9,14H,5-6,8H2,1-2H3,(H,15,16);1H. The average Bonchev–Trinajstić information content (AvgIpc) is 2.39. The highest BCUT2D eigenvalue weighted by Gasteiger charge is 2.15. The van der Waals surface area contributed by atoms with Gasteiger partial charge in [0.15, 0.2) is 11.5 Å². The molecule has 1 atom stereocenters.